The van der Waals surface area contributed by atoms with Crippen LogP contribution in [0.5, 0.6) is 0 Å². The van der Waals surface area contributed by atoms with E-state index in [9.17, 15) is 4.79 Å². The average molecular weight is 184 g/mol. The topological polar surface area (TPSA) is 26.3 Å². The van der Waals surface area contributed by atoms with Crippen LogP contribution in [0.25, 0.3) is 0 Å². The first-order valence-electron chi connectivity index (χ1n) is 4.75. The van der Waals surface area contributed by atoms with Gasteiger partial charge in [-0.1, -0.05) is 18.9 Å². The van der Waals surface area contributed by atoms with Crippen LogP contribution in [0.1, 0.15) is 47.5 Å². The molecule has 0 amide bonds. The highest BCUT2D eigenvalue weighted by Gasteiger charge is 2.14. The smallest absolute Gasteiger partial charge is 0.331 e. The highest BCUT2D eigenvalue weighted by molar-refractivity contribution is 5.83. The van der Waals surface area contributed by atoms with Crippen molar-refractivity contribution in [2.24, 2.45) is 0 Å². The molecule has 0 bridgehead atoms. The van der Waals surface area contributed by atoms with Crippen LogP contribution in [-0.2, 0) is 9.53 Å². The van der Waals surface area contributed by atoms with E-state index in [0.29, 0.717) is 0 Å². The third-order valence-corrected chi connectivity index (χ3v) is 1.42. The van der Waals surface area contributed by atoms with Gasteiger partial charge in [-0.25, -0.2) is 4.79 Å². The van der Waals surface area contributed by atoms with Gasteiger partial charge in [0.25, 0.3) is 0 Å². The van der Waals surface area contributed by atoms with Crippen molar-refractivity contribution in [2.75, 3.05) is 0 Å². The molecule has 0 aliphatic carbocycles. The Hall–Kier alpha value is -0.790. The fourth-order valence-corrected chi connectivity index (χ4v) is 0.999. The Morgan fingerprint density at radius 3 is 2.31 bits per heavy atom. The Labute approximate surface area is 81.0 Å². The van der Waals surface area contributed by atoms with Crippen molar-refractivity contribution in [1.82, 2.24) is 0 Å². The fourth-order valence-electron chi connectivity index (χ4n) is 0.999. The number of hydrogen-bond acceptors (Lipinski definition) is 2. The number of carbonyl (C=O) groups excluding carboxylic acids is 1. The summed E-state index contributed by atoms with van der Waals surface area (Å²) < 4.78 is 5.14. The minimum atomic E-state index is -0.389. The number of esters is 1. The molecule has 2 heteroatoms. The molecule has 0 aromatic carbocycles. The summed E-state index contributed by atoms with van der Waals surface area (Å²) in [5.74, 6) is -0.238. The SMILES string of the molecule is CCC/C(C)=C/C(=O)OC(C)(C)C. The third-order valence-electron chi connectivity index (χ3n) is 1.42. The lowest BCUT2D eigenvalue weighted by Gasteiger charge is -2.18. The molecule has 0 aromatic rings. The molecule has 13 heavy (non-hydrogen) atoms. The molecule has 0 aliphatic rings. The van der Waals surface area contributed by atoms with Crippen molar-refractivity contribution in [3.63, 3.8) is 0 Å². The Morgan fingerprint density at radius 1 is 1.38 bits per heavy atom. The molecular formula is C11H20O2. The first kappa shape index (κ1) is 12.2. The van der Waals surface area contributed by atoms with E-state index in [1.807, 2.05) is 27.7 Å². The third kappa shape index (κ3) is 7.57. The quantitative estimate of drug-likeness (QED) is 0.497. The highest BCUT2D eigenvalue weighted by atomic mass is 16.6. The summed E-state index contributed by atoms with van der Waals surface area (Å²) in [6, 6.07) is 0. The van der Waals surface area contributed by atoms with Gasteiger partial charge in [-0.3, -0.25) is 0 Å². The number of hydrogen-bond donors (Lipinski definition) is 0. The minimum absolute atomic E-state index is 0.238. The molecule has 0 rings (SSSR count). The Bertz CT molecular complexity index is 197. The number of ether oxygens (including phenoxy) is 1. The van der Waals surface area contributed by atoms with Crippen molar-refractivity contribution in [2.45, 2.75) is 53.1 Å². The molecule has 0 saturated carbocycles. The molecule has 0 saturated heterocycles. The summed E-state index contributed by atoms with van der Waals surface area (Å²) in [7, 11) is 0. The van der Waals surface area contributed by atoms with E-state index < -0.39 is 0 Å². The number of rotatable bonds is 3. The molecule has 0 heterocycles. The second-order valence-corrected chi connectivity index (χ2v) is 4.27. The summed E-state index contributed by atoms with van der Waals surface area (Å²) in [4.78, 5) is 11.2. The first-order chi connectivity index (χ1) is 5.85. The number of allylic oxidation sites excluding steroid dienone is 1. The molecule has 0 N–H and O–H groups in total. The van der Waals surface area contributed by atoms with Crippen molar-refractivity contribution in [3.8, 4) is 0 Å². The largest absolute Gasteiger partial charge is 0.457 e. The predicted molar refractivity (Wildman–Crippen MR) is 54.5 cm³/mol. The van der Waals surface area contributed by atoms with Crippen LogP contribution in [0.15, 0.2) is 11.6 Å². The molecule has 0 atom stereocenters. The predicted octanol–water partition coefficient (Wildman–Crippen LogP) is 3.07. The van der Waals surface area contributed by atoms with E-state index in [-0.39, 0.29) is 11.6 Å². The van der Waals surface area contributed by atoms with Gasteiger partial charge in [0.1, 0.15) is 5.60 Å². The van der Waals surface area contributed by atoms with Gasteiger partial charge < -0.3 is 4.74 Å². The summed E-state index contributed by atoms with van der Waals surface area (Å²) in [5, 5.41) is 0. The van der Waals surface area contributed by atoms with E-state index in [2.05, 4.69) is 6.92 Å². The van der Waals surface area contributed by atoms with E-state index in [1.54, 1.807) is 6.08 Å². The van der Waals surface area contributed by atoms with Crippen LogP contribution < -0.4 is 0 Å². The molecule has 2 nitrogen and oxygen atoms in total. The second kappa shape index (κ2) is 5.05. The van der Waals surface area contributed by atoms with Crippen LogP contribution in [0.2, 0.25) is 0 Å². The zero-order chi connectivity index (χ0) is 10.5. The van der Waals surface area contributed by atoms with E-state index in [0.717, 1.165) is 18.4 Å². The van der Waals surface area contributed by atoms with Crippen LogP contribution in [0, 0.1) is 0 Å². The highest BCUT2D eigenvalue weighted by Crippen LogP contribution is 2.09. The van der Waals surface area contributed by atoms with Crippen molar-refractivity contribution >= 4 is 5.97 Å². The van der Waals surface area contributed by atoms with E-state index in [1.165, 1.54) is 0 Å². The van der Waals surface area contributed by atoms with Crippen LogP contribution in [0.4, 0.5) is 0 Å². The maximum atomic E-state index is 11.2. The van der Waals surface area contributed by atoms with Crippen LogP contribution >= 0.6 is 0 Å². The molecule has 0 fully saturated rings. The van der Waals surface area contributed by atoms with Gasteiger partial charge >= 0.3 is 5.97 Å². The van der Waals surface area contributed by atoms with E-state index in [4.69, 9.17) is 4.74 Å². The van der Waals surface area contributed by atoms with Crippen LogP contribution in [-0.4, -0.2) is 11.6 Å². The van der Waals surface area contributed by atoms with Gasteiger partial charge in [0.2, 0.25) is 0 Å². The Morgan fingerprint density at radius 2 is 1.92 bits per heavy atom. The molecule has 0 aromatic heterocycles. The van der Waals surface area contributed by atoms with Crippen LogP contribution in [0.3, 0.4) is 0 Å². The first-order valence-corrected chi connectivity index (χ1v) is 4.75. The van der Waals surface area contributed by atoms with Gasteiger partial charge in [0.15, 0.2) is 0 Å². The maximum absolute atomic E-state index is 11.2. The van der Waals surface area contributed by atoms with Crippen molar-refractivity contribution in [1.29, 1.82) is 0 Å². The Kier molecular flexibility index (Phi) is 4.74. The second-order valence-electron chi connectivity index (χ2n) is 4.27. The normalized spacial score (nSPS) is 12.8. The molecule has 0 spiro atoms. The zero-order valence-electron chi connectivity index (χ0n) is 9.31. The Balaban J connectivity index is 4.07. The van der Waals surface area contributed by atoms with Crippen molar-refractivity contribution in [3.05, 3.63) is 11.6 Å². The summed E-state index contributed by atoms with van der Waals surface area (Å²) in [6.45, 7) is 9.65. The lowest BCUT2D eigenvalue weighted by atomic mass is 10.1. The lowest BCUT2D eigenvalue weighted by molar-refractivity contribution is -0.148. The summed E-state index contributed by atoms with van der Waals surface area (Å²) in [6.07, 6.45) is 3.60. The van der Waals surface area contributed by atoms with Gasteiger partial charge in [0.05, 0.1) is 0 Å². The van der Waals surface area contributed by atoms with Gasteiger partial charge in [-0.2, -0.15) is 0 Å². The monoisotopic (exact) mass is 184 g/mol. The summed E-state index contributed by atoms with van der Waals surface area (Å²) >= 11 is 0. The van der Waals surface area contributed by atoms with Gasteiger partial charge in [-0.15, -0.1) is 0 Å². The van der Waals surface area contributed by atoms with Crippen molar-refractivity contribution < 1.29 is 9.53 Å². The standard InChI is InChI=1S/C11H20O2/c1-6-7-9(2)8-10(12)13-11(3,4)5/h8H,6-7H2,1-5H3/b9-8+. The fraction of sp³-hybridized carbons (Fsp3) is 0.727. The molecule has 0 unspecified atom stereocenters. The zero-order valence-corrected chi connectivity index (χ0v) is 9.31. The molecule has 0 aliphatic heterocycles. The molecular weight excluding hydrogens is 164 g/mol. The molecule has 76 valence electrons. The van der Waals surface area contributed by atoms with E-state index >= 15 is 0 Å². The van der Waals surface area contributed by atoms with Gasteiger partial charge in [0, 0.05) is 6.08 Å². The minimum Gasteiger partial charge on any atom is -0.457 e. The maximum Gasteiger partial charge on any atom is 0.331 e. The average Bonchev–Trinajstić information content (AvgIpc) is 1.81. The molecule has 0 radical (unpaired) electrons. The lowest BCUT2D eigenvalue weighted by Crippen LogP contribution is -2.22. The number of carbonyl (C=O) groups is 1. The van der Waals surface area contributed by atoms with Gasteiger partial charge in [-0.05, 0) is 34.1 Å². The summed E-state index contributed by atoms with van der Waals surface area (Å²) in [5.41, 5.74) is 0.692.